The van der Waals surface area contributed by atoms with Crippen LogP contribution in [0.15, 0.2) is 0 Å². The number of aliphatic hydroxyl groups is 1. The van der Waals surface area contributed by atoms with Gasteiger partial charge in [0.25, 0.3) is 5.91 Å². The van der Waals surface area contributed by atoms with Gasteiger partial charge in [-0.25, -0.2) is 0 Å². The van der Waals surface area contributed by atoms with E-state index in [1.165, 1.54) is 38.5 Å². The Labute approximate surface area is 150 Å². The van der Waals surface area contributed by atoms with Crippen LogP contribution in [0.25, 0.3) is 0 Å². The Morgan fingerprint density at radius 3 is 2.08 bits per heavy atom. The molecule has 4 bridgehead atoms. The predicted octanol–water partition coefficient (Wildman–Crippen LogP) is 4.02. The molecule has 5 rings (SSSR count). The van der Waals surface area contributed by atoms with E-state index in [-0.39, 0.29) is 11.9 Å². The summed E-state index contributed by atoms with van der Waals surface area (Å²) in [5.74, 6) is 2.65. The number of rotatable bonds is 4. The second-order valence-corrected chi connectivity index (χ2v) is 9.31. The van der Waals surface area contributed by atoms with Crippen molar-refractivity contribution in [2.24, 2.45) is 23.2 Å². The van der Waals surface area contributed by atoms with Crippen molar-refractivity contribution in [3.8, 4) is 0 Å². The molecule has 138 valence electrons. The van der Waals surface area contributed by atoms with Crippen LogP contribution in [0.3, 0.4) is 0 Å². The van der Waals surface area contributed by atoms with E-state index < -0.39 is 6.10 Å². The van der Waals surface area contributed by atoms with Gasteiger partial charge in [0.15, 0.2) is 0 Å². The van der Waals surface area contributed by atoms with Gasteiger partial charge in [-0.3, -0.25) is 4.79 Å². The van der Waals surface area contributed by atoms with Crippen molar-refractivity contribution in [1.29, 1.82) is 0 Å². The molecule has 1 aromatic rings. The molecular weight excluding hydrogens is 312 g/mol. The van der Waals surface area contributed by atoms with Gasteiger partial charge >= 0.3 is 0 Å². The molecule has 0 spiro atoms. The fourth-order valence-corrected chi connectivity index (χ4v) is 6.75. The number of hydrogen-bond donors (Lipinski definition) is 3. The molecular formula is C21H32N2O2. The van der Waals surface area contributed by atoms with Crippen molar-refractivity contribution in [2.45, 2.75) is 78.4 Å². The van der Waals surface area contributed by atoms with Crippen LogP contribution in [0.5, 0.6) is 0 Å². The van der Waals surface area contributed by atoms with Crippen LogP contribution in [-0.4, -0.2) is 22.0 Å². The van der Waals surface area contributed by atoms with Gasteiger partial charge in [-0.05, 0) is 95.0 Å². The van der Waals surface area contributed by atoms with E-state index in [1.807, 2.05) is 13.8 Å². The van der Waals surface area contributed by atoms with E-state index in [4.69, 9.17) is 0 Å². The summed E-state index contributed by atoms with van der Waals surface area (Å²) in [6.45, 7) is 7.82. The average Bonchev–Trinajstić information content (AvgIpc) is 2.80. The van der Waals surface area contributed by atoms with Gasteiger partial charge in [0.05, 0.1) is 6.10 Å². The molecule has 4 aliphatic rings. The fourth-order valence-electron chi connectivity index (χ4n) is 6.75. The molecule has 25 heavy (non-hydrogen) atoms. The number of aromatic amines is 1. The lowest BCUT2D eigenvalue weighted by molar-refractivity contribution is -0.0688. The van der Waals surface area contributed by atoms with Crippen molar-refractivity contribution < 1.29 is 9.90 Å². The van der Waals surface area contributed by atoms with E-state index in [9.17, 15) is 9.90 Å². The number of amides is 1. The first kappa shape index (κ1) is 17.1. The monoisotopic (exact) mass is 344 g/mol. The van der Waals surface area contributed by atoms with Gasteiger partial charge in [-0.1, -0.05) is 0 Å². The Bertz CT molecular complexity index is 653. The van der Waals surface area contributed by atoms with Crippen LogP contribution >= 0.6 is 0 Å². The minimum atomic E-state index is -0.557. The van der Waals surface area contributed by atoms with E-state index in [0.29, 0.717) is 11.1 Å². The number of aliphatic hydroxyl groups excluding tert-OH is 1. The van der Waals surface area contributed by atoms with Crippen LogP contribution < -0.4 is 5.32 Å². The maximum Gasteiger partial charge on any atom is 0.268 e. The second kappa shape index (κ2) is 5.87. The maximum absolute atomic E-state index is 12.9. The zero-order chi connectivity index (χ0) is 17.9. The first-order chi connectivity index (χ1) is 11.8. The second-order valence-electron chi connectivity index (χ2n) is 9.31. The van der Waals surface area contributed by atoms with Gasteiger partial charge < -0.3 is 15.4 Å². The molecule has 4 aliphatic carbocycles. The van der Waals surface area contributed by atoms with Crippen LogP contribution in [0.2, 0.25) is 0 Å². The fraction of sp³-hybridized carbons (Fsp3) is 0.762. The van der Waals surface area contributed by atoms with Crippen LogP contribution in [0.4, 0.5) is 0 Å². The lowest BCUT2D eigenvalue weighted by Crippen LogP contribution is -2.55. The number of nitrogens with one attached hydrogen (secondary N) is 2. The molecule has 1 aromatic heterocycles. The zero-order valence-corrected chi connectivity index (χ0v) is 16.0. The number of aryl methyl sites for hydroxylation is 1. The molecule has 3 N–H and O–H groups in total. The summed E-state index contributed by atoms with van der Waals surface area (Å²) in [5, 5.41) is 13.3. The minimum Gasteiger partial charge on any atom is -0.389 e. The molecule has 0 saturated heterocycles. The third-order valence-electron chi connectivity index (χ3n) is 7.49. The molecule has 0 aromatic carbocycles. The Morgan fingerprint density at radius 2 is 1.64 bits per heavy atom. The Kier molecular flexibility index (Phi) is 4.02. The zero-order valence-electron chi connectivity index (χ0n) is 16.0. The van der Waals surface area contributed by atoms with Crippen LogP contribution in [-0.2, 0) is 0 Å². The molecule has 2 atom stereocenters. The Hall–Kier alpha value is -1.29. The summed E-state index contributed by atoms with van der Waals surface area (Å²) in [5.41, 5.74) is 3.55. The van der Waals surface area contributed by atoms with Crippen molar-refractivity contribution in [2.75, 3.05) is 0 Å². The molecule has 0 unspecified atom stereocenters. The highest BCUT2D eigenvalue weighted by Crippen LogP contribution is 2.61. The van der Waals surface area contributed by atoms with Crippen molar-refractivity contribution in [3.05, 3.63) is 22.5 Å². The third-order valence-corrected chi connectivity index (χ3v) is 7.49. The lowest BCUT2D eigenvalue weighted by atomic mass is 9.48. The molecule has 4 saturated carbocycles. The molecule has 4 nitrogen and oxygen atoms in total. The van der Waals surface area contributed by atoms with Crippen LogP contribution in [0, 0.1) is 37.0 Å². The highest BCUT2D eigenvalue weighted by molar-refractivity contribution is 5.94. The SMILES string of the molecule is Cc1[nH]c(C(=O)N[C@H](C)C23CC4CC(CC(C4)C2)C3)c(C)c1[C@H](C)O. The maximum atomic E-state index is 12.9. The average molecular weight is 344 g/mol. The Morgan fingerprint density at radius 1 is 1.12 bits per heavy atom. The van der Waals surface area contributed by atoms with E-state index in [2.05, 4.69) is 17.2 Å². The van der Waals surface area contributed by atoms with Crippen molar-refractivity contribution in [1.82, 2.24) is 10.3 Å². The summed E-state index contributed by atoms with van der Waals surface area (Å²) in [7, 11) is 0. The van der Waals surface area contributed by atoms with E-state index in [0.717, 1.165) is 34.6 Å². The summed E-state index contributed by atoms with van der Waals surface area (Å²) in [4.78, 5) is 16.1. The number of carbonyl (C=O) groups excluding carboxylic acids is 1. The molecule has 0 radical (unpaired) electrons. The van der Waals surface area contributed by atoms with E-state index in [1.54, 1.807) is 6.92 Å². The summed E-state index contributed by atoms with van der Waals surface area (Å²) in [6.07, 6.45) is 7.59. The van der Waals surface area contributed by atoms with Gasteiger partial charge in [-0.2, -0.15) is 0 Å². The smallest absolute Gasteiger partial charge is 0.268 e. The van der Waals surface area contributed by atoms with Gasteiger partial charge in [0.2, 0.25) is 0 Å². The molecule has 4 heteroatoms. The quantitative estimate of drug-likeness (QED) is 0.772. The van der Waals surface area contributed by atoms with E-state index >= 15 is 0 Å². The summed E-state index contributed by atoms with van der Waals surface area (Å²) < 4.78 is 0. The van der Waals surface area contributed by atoms with Crippen molar-refractivity contribution in [3.63, 3.8) is 0 Å². The van der Waals surface area contributed by atoms with Crippen molar-refractivity contribution >= 4 is 5.91 Å². The topological polar surface area (TPSA) is 65.1 Å². The van der Waals surface area contributed by atoms with Gasteiger partial charge in [-0.15, -0.1) is 0 Å². The van der Waals surface area contributed by atoms with Gasteiger partial charge in [0.1, 0.15) is 5.69 Å². The third kappa shape index (κ3) is 2.73. The summed E-state index contributed by atoms with van der Waals surface area (Å²) in [6, 6.07) is 0.214. The number of aromatic nitrogens is 1. The lowest BCUT2D eigenvalue weighted by Gasteiger charge is -2.59. The van der Waals surface area contributed by atoms with Gasteiger partial charge in [0, 0.05) is 17.3 Å². The standard InChI is InChI=1S/C21H32N2O2/c1-11-18(13(3)24)12(2)22-19(11)20(25)23-14(4)21-8-15-5-16(9-21)7-17(6-15)10-21/h13-17,22,24H,5-10H2,1-4H3,(H,23,25)/t13-,14+,15?,16?,17?,21?/m0/s1. The highest BCUT2D eigenvalue weighted by atomic mass is 16.3. The number of carbonyl (C=O) groups is 1. The largest absolute Gasteiger partial charge is 0.389 e. The number of hydrogen-bond acceptors (Lipinski definition) is 2. The summed E-state index contributed by atoms with van der Waals surface area (Å²) >= 11 is 0. The molecule has 4 fully saturated rings. The number of H-pyrrole nitrogens is 1. The van der Waals surface area contributed by atoms with Crippen LogP contribution in [0.1, 0.15) is 85.8 Å². The first-order valence-electron chi connectivity index (χ1n) is 9.97. The minimum absolute atomic E-state index is 0.0178. The molecule has 0 aliphatic heterocycles. The predicted molar refractivity (Wildman–Crippen MR) is 98.4 cm³/mol. The molecule has 1 heterocycles. The molecule has 1 amide bonds. The Balaban J connectivity index is 1.53. The first-order valence-corrected chi connectivity index (χ1v) is 9.97. The normalized spacial score (nSPS) is 35.6. The highest BCUT2D eigenvalue weighted by Gasteiger charge is 2.53.